The van der Waals surface area contributed by atoms with Crippen molar-refractivity contribution in [3.8, 4) is 11.8 Å². The maximum absolute atomic E-state index is 12.4. The second kappa shape index (κ2) is 8.00. The van der Waals surface area contributed by atoms with Crippen molar-refractivity contribution < 1.29 is 4.79 Å². The Kier molecular flexibility index (Phi) is 6.00. The molecule has 5 heteroatoms. The minimum absolute atomic E-state index is 0.154. The first-order valence-corrected chi connectivity index (χ1v) is 8.57. The van der Waals surface area contributed by atoms with E-state index in [0.717, 1.165) is 16.9 Å². The second-order valence-corrected chi connectivity index (χ2v) is 6.68. The zero-order valence-electron chi connectivity index (χ0n) is 15.6. The summed E-state index contributed by atoms with van der Waals surface area (Å²) in [6.45, 7) is 10.3. The lowest BCUT2D eigenvalue weighted by Gasteiger charge is -2.18. The Morgan fingerprint density at radius 2 is 1.84 bits per heavy atom. The predicted molar refractivity (Wildman–Crippen MR) is 101 cm³/mol. The molecule has 0 aliphatic carbocycles. The van der Waals surface area contributed by atoms with Gasteiger partial charge in [-0.05, 0) is 44.4 Å². The van der Waals surface area contributed by atoms with E-state index in [-0.39, 0.29) is 18.5 Å². The maximum Gasteiger partial charge on any atom is 0.239 e. The average molecular weight is 338 g/mol. The molecule has 1 amide bonds. The number of amides is 1. The fraction of sp³-hybridized carbons (Fsp3) is 0.400. The van der Waals surface area contributed by atoms with E-state index in [2.05, 4.69) is 37.5 Å². The summed E-state index contributed by atoms with van der Waals surface area (Å²) in [6, 6.07) is 12.2. The Morgan fingerprint density at radius 1 is 1.20 bits per heavy atom. The molecule has 0 saturated heterocycles. The largest absolute Gasteiger partial charge is 0.310 e. The van der Waals surface area contributed by atoms with E-state index in [0.29, 0.717) is 17.3 Å². The number of para-hydroxylation sites is 1. The van der Waals surface area contributed by atoms with Gasteiger partial charge in [-0.15, -0.1) is 0 Å². The molecule has 0 bridgehead atoms. The fourth-order valence-electron chi connectivity index (χ4n) is 2.63. The number of aromatic nitrogens is 1. The molecule has 2 rings (SSSR count). The summed E-state index contributed by atoms with van der Waals surface area (Å²) in [6.07, 6.45) is 0. The number of hydrogen-bond acceptors (Lipinski definition) is 3. The van der Waals surface area contributed by atoms with E-state index in [4.69, 9.17) is 0 Å². The molecule has 1 aromatic heterocycles. The maximum atomic E-state index is 12.4. The van der Waals surface area contributed by atoms with Gasteiger partial charge < -0.3 is 10.6 Å². The van der Waals surface area contributed by atoms with E-state index < -0.39 is 0 Å². The first-order valence-electron chi connectivity index (χ1n) is 8.57. The topological polar surface area (TPSA) is 69.8 Å². The number of benzene rings is 1. The van der Waals surface area contributed by atoms with Crippen molar-refractivity contribution in [3.05, 3.63) is 47.2 Å². The second-order valence-electron chi connectivity index (χ2n) is 6.68. The molecule has 0 radical (unpaired) electrons. The van der Waals surface area contributed by atoms with Gasteiger partial charge in [-0.2, -0.15) is 5.26 Å². The van der Waals surface area contributed by atoms with Crippen LogP contribution in [0.15, 0.2) is 30.3 Å². The molecule has 0 aliphatic heterocycles. The third-order valence-electron chi connectivity index (χ3n) is 4.68. The van der Waals surface area contributed by atoms with Crippen molar-refractivity contribution in [2.24, 2.45) is 5.92 Å². The van der Waals surface area contributed by atoms with Crippen LogP contribution in [0, 0.1) is 31.1 Å². The lowest BCUT2D eigenvalue weighted by molar-refractivity contribution is -0.115. The third kappa shape index (κ3) is 4.09. The van der Waals surface area contributed by atoms with Gasteiger partial charge in [-0.25, -0.2) is 0 Å². The average Bonchev–Trinajstić information content (AvgIpc) is 2.83. The molecule has 0 aliphatic rings. The highest BCUT2D eigenvalue weighted by Gasteiger charge is 2.20. The quantitative estimate of drug-likeness (QED) is 0.846. The van der Waals surface area contributed by atoms with Crippen LogP contribution in [0.2, 0.25) is 0 Å². The summed E-state index contributed by atoms with van der Waals surface area (Å²) in [4.78, 5) is 12.4. The van der Waals surface area contributed by atoms with E-state index in [1.54, 1.807) is 0 Å². The number of carbonyl (C=O) groups is 1. The van der Waals surface area contributed by atoms with Crippen molar-refractivity contribution in [1.82, 2.24) is 9.88 Å². The molecule has 0 unspecified atom stereocenters. The summed E-state index contributed by atoms with van der Waals surface area (Å²) < 4.78 is 1.93. The molecule has 1 aromatic carbocycles. The summed E-state index contributed by atoms with van der Waals surface area (Å²) in [7, 11) is 0. The third-order valence-corrected chi connectivity index (χ3v) is 4.68. The summed E-state index contributed by atoms with van der Waals surface area (Å²) in [5, 5.41) is 15.7. The van der Waals surface area contributed by atoms with Gasteiger partial charge in [-0.1, -0.05) is 32.0 Å². The molecule has 0 fully saturated rings. The van der Waals surface area contributed by atoms with Gasteiger partial charge in [0.15, 0.2) is 0 Å². The van der Waals surface area contributed by atoms with Crippen molar-refractivity contribution in [2.75, 3.05) is 11.9 Å². The zero-order chi connectivity index (χ0) is 18.6. The molecular weight excluding hydrogens is 312 g/mol. The van der Waals surface area contributed by atoms with Gasteiger partial charge >= 0.3 is 0 Å². The number of nitrogens with zero attached hydrogens (tertiary/aromatic N) is 2. The number of nitrogens with one attached hydrogen (secondary N) is 2. The van der Waals surface area contributed by atoms with Crippen LogP contribution in [-0.2, 0) is 4.79 Å². The number of rotatable bonds is 6. The normalized spacial score (nSPS) is 12.0. The van der Waals surface area contributed by atoms with Crippen LogP contribution in [0.25, 0.3) is 5.69 Å². The number of nitriles is 1. The molecule has 2 N–H and O–H groups in total. The van der Waals surface area contributed by atoms with E-state index in [1.807, 2.05) is 48.7 Å². The summed E-state index contributed by atoms with van der Waals surface area (Å²) in [5.74, 6) is 0.825. The first-order chi connectivity index (χ1) is 11.9. The van der Waals surface area contributed by atoms with Crippen LogP contribution in [-0.4, -0.2) is 23.1 Å². The molecule has 5 nitrogen and oxygen atoms in total. The van der Waals surface area contributed by atoms with Crippen LogP contribution in [0.3, 0.4) is 0 Å². The van der Waals surface area contributed by atoms with Crippen LogP contribution in [0.5, 0.6) is 0 Å². The number of anilines is 1. The van der Waals surface area contributed by atoms with Crippen LogP contribution < -0.4 is 10.6 Å². The minimum atomic E-state index is -0.154. The Bertz CT molecular complexity index is 784. The summed E-state index contributed by atoms with van der Waals surface area (Å²) in [5.41, 5.74) is 3.25. The van der Waals surface area contributed by atoms with E-state index >= 15 is 0 Å². The van der Waals surface area contributed by atoms with Gasteiger partial charge in [0.2, 0.25) is 5.91 Å². The molecular formula is C20H26N4O. The van der Waals surface area contributed by atoms with Gasteiger partial charge in [0, 0.05) is 17.4 Å². The molecule has 1 heterocycles. The van der Waals surface area contributed by atoms with Crippen LogP contribution in [0.1, 0.15) is 37.6 Å². The standard InChI is InChI=1S/C20H26N4O/c1-13(2)15(4)22-12-19(25)23-20-18(11-21)14(3)16(5)24(20)17-9-7-6-8-10-17/h6-10,13,15,22H,12H2,1-5H3,(H,23,25)/t15-/m1/s1. The number of carbonyl (C=O) groups excluding carboxylic acids is 1. The van der Waals surface area contributed by atoms with Gasteiger partial charge in [0.25, 0.3) is 0 Å². The van der Waals surface area contributed by atoms with Crippen molar-refractivity contribution in [2.45, 2.75) is 40.7 Å². The molecule has 132 valence electrons. The Balaban J connectivity index is 2.32. The highest BCUT2D eigenvalue weighted by atomic mass is 16.2. The number of hydrogen-bond donors (Lipinski definition) is 2. The fourth-order valence-corrected chi connectivity index (χ4v) is 2.63. The van der Waals surface area contributed by atoms with Crippen molar-refractivity contribution in [1.29, 1.82) is 5.26 Å². The Labute approximate surface area is 149 Å². The molecule has 25 heavy (non-hydrogen) atoms. The molecule has 1 atom stereocenters. The van der Waals surface area contributed by atoms with Crippen LogP contribution >= 0.6 is 0 Å². The Morgan fingerprint density at radius 3 is 2.40 bits per heavy atom. The zero-order valence-corrected chi connectivity index (χ0v) is 15.6. The van der Waals surface area contributed by atoms with E-state index in [1.165, 1.54) is 0 Å². The highest BCUT2D eigenvalue weighted by Crippen LogP contribution is 2.29. The first kappa shape index (κ1) is 18.8. The van der Waals surface area contributed by atoms with Crippen molar-refractivity contribution in [3.63, 3.8) is 0 Å². The lowest BCUT2D eigenvalue weighted by atomic mass is 10.1. The van der Waals surface area contributed by atoms with Gasteiger partial charge in [0.1, 0.15) is 11.9 Å². The lowest BCUT2D eigenvalue weighted by Crippen LogP contribution is -2.37. The molecule has 2 aromatic rings. The molecule has 0 spiro atoms. The SMILES string of the molecule is Cc1c(C#N)c(NC(=O)CN[C@H](C)C(C)C)n(-c2ccccc2)c1C. The van der Waals surface area contributed by atoms with E-state index in [9.17, 15) is 10.1 Å². The minimum Gasteiger partial charge on any atom is -0.310 e. The predicted octanol–water partition coefficient (Wildman–Crippen LogP) is 3.54. The van der Waals surface area contributed by atoms with Gasteiger partial charge in [0.05, 0.1) is 12.1 Å². The summed E-state index contributed by atoms with van der Waals surface area (Å²) >= 11 is 0. The van der Waals surface area contributed by atoms with Crippen molar-refractivity contribution >= 4 is 11.7 Å². The molecule has 0 saturated carbocycles. The van der Waals surface area contributed by atoms with Crippen LogP contribution in [0.4, 0.5) is 5.82 Å². The smallest absolute Gasteiger partial charge is 0.239 e. The van der Waals surface area contributed by atoms with Gasteiger partial charge in [-0.3, -0.25) is 9.36 Å². The monoisotopic (exact) mass is 338 g/mol. The highest BCUT2D eigenvalue weighted by molar-refractivity contribution is 5.93. The Hall–Kier alpha value is -2.58.